The van der Waals surface area contributed by atoms with E-state index in [9.17, 15) is 4.79 Å². The molecule has 0 heterocycles. The van der Waals surface area contributed by atoms with Gasteiger partial charge in [-0.05, 0) is 23.7 Å². The lowest BCUT2D eigenvalue weighted by molar-refractivity contribution is 0.0798. The molecule has 0 radical (unpaired) electrons. The first kappa shape index (κ1) is 13.5. The van der Waals surface area contributed by atoms with Crippen LogP contribution < -0.4 is 0 Å². The Hall–Kier alpha value is -0.933. The van der Waals surface area contributed by atoms with Gasteiger partial charge in [-0.3, -0.25) is 4.79 Å². The number of hydrogen-bond donors (Lipinski definition) is 0. The van der Waals surface area contributed by atoms with E-state index in [4.69, 9.17) is 4.43 Å². The summed E-state index contributed by atoms with van der Waals surface area (Å²) in [5.74, 6) is 0.162. The van der Waals surface area contributed by atoms with Crippen LogP contribution in [0.25, 0.3) is 0 Å². The van der Waals surface area contributed by atoms with Crippen LogP contribution in [0.3, 0.4) is 0 Å². The molecule has 0 saturated heterocycles. The Kier molecular flexibility index (Phi) is 3.24. The van der Waals surface area contributed by atoms with Crippen LogP contribution in [0.4, 0.5) is 0 Å². The molecule has 0 N–H and O–H groups in total. The van der Waals surface area contributed by atoms with Crippen LogP contribution in [0.5, 0.6) is 0 Å². The molecule has 0 unspecified atom stereocenters. The van der Waals surface area contributed by atoms with Crippen molar-refractivity contribution in [2.45, 2.75) is 51.4 Å². The highest BCUT2D eigenvalue weighted by Gasteiger charge is 2.42. The summed E-state index contributed by atoms with van der Waals surface area (Å²) in [4.78, 5) is 12.3. The van der Waals surface area contributed by atoms with E-state index >= 15 is 0 Å². The molecular weight excluding hydrogens is 240 g/mol. The van der Waals surface area contributed by atoms with Gasteiger partial charge in [-0.2, -0.15) is 0 Å². The third kappa shape index (κ3) is 2.29. The molecule has 3 heteroatoms. The minimum absolute atomic E-state index is 0.141. The SMILES string of the molecule is CC(C)(C)[Si](C)(C)O[C@H]1Cc2ccccc2C1=O. The number of carbonyl (C=O) groups excluding carboxylic acids is 1. The van der Waals surface area contributed by atoms with Gasteiger partial charge in [0, 0.05) is 12.0 Å². The van der Waals surface area contributed by atoms with Crippen molar-refractivity contribution in [3.05, 3.63) is 35.4 Å². The summed E-state index contributed by atoms with van der Waals surface area (Å²) in [6.45, 7) is 11.0. The molecule has 0 fully saturated rings. The van der Waals surface area contributed by atoms with E-state index in [-0.39, 0.29) is 16.9 Å². The number of ketones is 1. The van der Waals surface area contributed by atoms with Crippen LogP contribution in [-0.2, 0) is 10.8 Å². The minimum Gasteiger partial charge on any atom is -0.406 e. The molecule has 1 aliphatic rings. The van der Waals surface area contributed by atoms with Gasteiger partial charge in [0.25, 0.3) is 0 Å². The van der Waals surface area contributed by atoms with Crippen LogP contribution in [0, 0.1) is 0 Å². The number of Topliss-reactive ketones (excluding diaryl/α,β-unsaturated/α-hetero) is 1. The largest absolute Gasteiger partial charge is 0.406 e. The van der Waals surface area contributed by atoms with Crippen molar-refractivity contribution >= 4 is 14.1 Å². The first-order valence-electron chi connectivity index (χ1n) is 6.52. The van der Waals surface area contributed by atoms with E-state index in [0.29, 0.717) is 0 Å². The van der Waals surface area contributed by atoms with Gasteiger partial charge in [0.05, 0.1) is 0 Å². The molecule has 1 atom stereocenters. The second kappa shape index (κ2) is 4.32. The molecule has 2 nitrogen and oxygen atoms in total. The summed E-state index contributed by atoms with van der Waals surface area (Å²) < 4.78 is 6.25. The molecule has 18 heavy (non-hydrogen) atoms. The average Bonchev–Trinajstić information content (AvgIpc) is 2.54. The zero-order valence-electron chi connectivity index (χ0n) is 11.9. The fourth-order valence-corrected chi connectivity index (χ4v) is 3.29. The minimum atomic E-state index is -1.87. The molecule has 0 saturated carbocycles. The molecule has 1 aromatic carbocycles. The fraction of sp³-hybridized carbons (Fsp3) is 0.533. The predicted molar refractivity (Wildman–Crippen MR) is 76.5 cm³/mol. The Morgan fingerprint density at radius 1 is 1.22 bits per heavy atom. The highest BCUT2D eigenvalue weighted by Crippen LogP contribution is 2.39. The molecule has 1 aromatic rings. The average molecular weight is 262 g/mol. The number of rotatable bonds is 2. The molecular formula is C15H22O2Si. The van der Waals surface area contributed by atoms with E-state index in [1.54, 1.807) is 0 Å². The van der Waals surface area contributed by atoms with Crippen LogP contribution in [0.1, 0.15) is 36.7 Å². The monoisotopic (exact) mass is 262 g/mol. The summed E-state index contributed by atoms with van der Waals surface area (Å²) in [6, 6.07) is 7.85. The van der Waals surface area contributed by atoms with Crippen molar-refractivity contribution in [1.29, 1.82) is 0 Å². The fourth-order valence-electron chi connectivity index (χ4n) is 2.03. The van der Waals surface area contributed by atoms with Gasteiger partial charge in [-0.1, -0.05) is 45.0 Å². The maximum absolute atomic E-state index is 12.3. The maximum atomic E-state index is 12.3. The van der Waals surface area contributed by atoms with Crippen LogP contribution in [0.15, 0.2) is 24.3 Å². The quantitative estimate of drug-likeness (QED) is 0.757. The van der Waals surface area contributed by atoms with Crippen molar-refractivity contribution in [2.75, 3.05) is 0 Å². The van der Waals surface area contributed by atoms with Gasteiger partial charge in [-0.15, -0.1) is 0 Å². The van der Waals surface area contributed by atoms with Gasteiger partial charge in [0.15, 0.2) is 14.1 Å². The lowest BCUT2D eigenvalue weighted by Gasteiger charge is -2.38. The number of hydrogen-bond acceptors (Lipinski definition) is 2. The molecule has 0 aromatic heterocycles. The van der Waals surface area contributed by atoms with Gasteiger partial charge in [0.2, 0.25) is 0 Å². The van der Waals surface area contributed by atoms with E-state index in [0.717, 1.165) is 17.5 Å². The van der Waals surface area contributed by atoms with Crippen molar-refractivity contribution in [3.8, 4) is 0 Å². The molecule has 0 aliphatic heterocycles. The van der Waals surface area contributed by atoms with Crippen molar-refractivity contribution in [1.82, 2.24) is 0 Å². The Morgan fingerprint density at radius 2 is 1.83 bits per heavy atom. The van der Waals surface area contributed by atoms with Crippen molar-refractivity contribution in [3.63, 3.8) is 0 Å². The summed E-state index contributed by atoms with van der Waals surface area (Å²) in [5, 5.41) is 0.141. The third-order valence-corrected chi connectivity index (χ3v) is 8.71. The standard InChI is InChI=1S/C15H22O2Si/c1-15(2,3)18(4,5)17-13-10-11-8-6-7-9-12(11)14(13)16/h6-9,13H,10H2,1-5H3/t13-/m0/s1. The van der Waals surface area contributed by atoms with Crippen molar-refractivity contribution in [2.24, 2.45) is 0 Å². The van der Waals surface area contributed by atoms with Crippen LogP contribution >= 0.6 is 0 Å². The summed E-state index contributed by atoms with van der Waals surface area (Å²) in [5.41, 5.74) is 1.98. The Labute approximate surface area is 110 Å². The maximum Gasteiger partial charge on any atom is 0.193 e. The highest BCUT2D eigenvalue weighted by molar-refractivity contribution is 6.74. The third-order valence-electron chi connectivity index (χ3n) is 4.22. The molecule has 0 bridgehead atoms. The molecule has 98 valence electrons. The zero-order valence-corrected chi connectivity index (χ0v) is 12.9. The number of benzene rings is 1. The lowest BCUT2D eigenvalue weighted by atomic mass is 10.1. The number of fused-ring (bicyclic) bond motifs is 1. The second-order valence-electron chi connectivity index (χ2n) is 6.59. The molecule has 2 rings (SSSR count). The van der Waals surface area contributed by atoms with E-state index in [1.807, 2.05) is 24.3 Å². The van der Waals surface area contributed by atoms with E-state index in [1.165, 1.54) is 0 Å². The Morgan fingerprint density at radius 3 is 2.39 bits per heavy atom. The van der Waals surface area contributed by atoms with Gasteiger partial charge >= 0.3 is 0 Å². The Balaban J connectivity index is 2.18. The lowest BCUT2D eigenvalue weighted by Crippen LogP contribution is -2.45. The molecule has 0 spiro atoms. The first-order valence-corrected chi connectivity index (χ1v) is 9.43. The second-order valence-corrected chi connectivity index (χ2v) is 11.3. The van der Waals surface area contributed by atoms with Crippen LogP contribution in [0.2, 0.25) is 18.1 Å². The van der Waals surface area contributed by atoms with E-state index < -0.39 is 8.32 Å². The van der Waals surface area contributed by atoms with E-state index in [2.05, 4.69) is 33.9 Å². The smallest absolute Gasteiger partial charge is 0.193 e. The van der Waals surface area contributed by atoms with Crippen LogP contribution in [-0.4, -0.2) is 20.2 Å². The first-order chi connectivity index (χ1) is 8.22. The van der Waals surface area contributed by atoms with Gasteiger partial charge < -0.3 is 4.43 Å². The summed E-state index contributed by atoms with van der Waals surface area (Å²) >= 11 is 0. The highest BCUT2D eigenvalue weighted by atomic mass is 28.4. The van der Waals surface area contributed by atoms with Gasteiger partial charge in [0.1, 0.15) is 6.10 Å². The normalized spacial score (nSPS) is 20.1. The predicted octanol–water partition coefficient (Wildman–Crippen LogP) is 3.82. The molecule has 0 amide bonds. The number of carbonyl (C=O) groups is 1. The summed E-state index contributed by atoms with van der Waals surface area (Å²) in [6.07, 6.45) is 0.477. The zero-order chi connectivity index (χ0) is 13.6. The Bertz CT molecular complexity index is 472. The topological polar surface area (TPSA) is 26.3 Å². The summed E-state index contributed by atoms with van der Waals surface area (Å²) in [7, 11) is -1.87. The van der Waals surface area contributed by atoms with Gasteiger partial charge in [-0.25, -0.2) is 0 Å². The molecule has 1 aliphatic carbocycles. The van der Waals surface area contributed by atoms with Crippen molar-refractivity contribution < 1.29 is 9.22 Å².